The summed E-state index contributed by atoms with van der Waals surface area (Å²) in [5.41, 5.74) is 2.76. The van der Waals surface area contributed by atoms with Crippen LogP contribution < -0.4 is 5.32 Å². The van der Waals surface area contributed by atoms with Crippen molar-refractivity contribution in [1.29, 1.82) is 0 Å². The number of anilines is 2. The van der Waals surface area contributed by atoms with Gasteiger partial charge in [-0.1, -0.05) is 11.6 Å². The highest BCUT2D eigenvalue weighted by molar-refractivity contribution is 6.30. The van der Waals surface area contributed by atoms with E-state index in [0.717, 1.165) is 17.1 Å². The summed E-state index contributed by atoms with van der Waals surface area (Å²) in [4.78, 5) is 15.9. The van der Waals surface area contributed by atoms with Crippen LogP contribution >= 0.6 is 11.6 Å². The average molecular weight is 331 g/mol. The molecule has 7 heteroatoms. The number of nitrogens with one attached hydrogen (secondary N) is 1. The highest BCUT2D eigenvalue weighted by Crippen LogP contribution is 2.26. The van der Waals surface area contributed by atoms with E-state index in [1.165, 1.54) is 0 Å². The van der Waals surface area contributed by atoms with E-state index < -0.39 is 0 Å². The molecule has 0 aliphatic carbocycles. The maximum atomic E-state index is 11.7. The molecule has 2 aromatic heterocycles. The molecule has 3 rings (SSSR count). The van der Waals surface area contributed by atoms with Gasteiger partial charge in [0.25, 0.3) is 0 Å². The minimum Gasteiger partial charge on any atom is -0.462 e. The lowest BCUT2D eigenvalue weighted by Crippen LogP contribution is -2.06. The molecule has 23 heavy (non-hydrogen) atoms. The number of hydrogen-bond acceptors (Lipinski definition) is 5. The quantitative estimate of drug-likeness (QED) is 0.584. The maximum absolute atomic E-state index is 11.7. The third kappa shape index (κ3) is 2.98. The predicted molar refractivity (Wildman–Crippen MR) is 88.4 cm³/mol. The number of halogens is 1. The molecule has 0 unspecified atom stereocenters. The molecule has 0 aliphatic heterocycles. The van der Waals surface area contributed by atoms with E-state index in [1.807, 2.05) is 6.92 Å². The summed E-state index contributed by atoms with van der Waals surface area (Å²) in [6, 6.07) is 8.79. The first kappa shape index (κ1) is 15.3. The largest absolute Gasteiger partial charge is 0.462 e. The summed E-state index contributed by atoms with van der Waals surface area (Å²) >= 11 is 6.16. The first-order valence-corrected chi connectivity index (χ1v) is 7.52. The highest BCUT2D eigenvalue weighted by Gasteiger charge is 2.12. The Balaban J connectivity index is 1.92. The van der Waals surface area contributed by atoms with Crippen molar-refractivity contribution in [3.8, 4) is 0 Å². The van der Waals surface area contributed by atoms with Crippen molar-refractivity contribution in [2.75, 3.05) is 11.9 Å². The fourth-order valence-corrected chi connectivity index (χ4v) is 2.36. The zero-order valence-corrected chi connectivity index (χ0v) is 13.5. The average Bonchev–Trinajstić information content (AvgIpc) is 3.00. The van der Waals surface area contributed by atoms with Crippen LogP contribution in [0.3, 0.4) is 0 Å². The first-order valence-electron chi connectivity index (χ1n) is 7.14. The smallest absolute Gasteiger partial charge is 0.338 e. The molecule has 0 atom stereocenters. The Morgan fingerprint density at radius 2 is 2.04 bits per heavy atom. The zero-order valence-electron chi connectivity index (χ0n) is 12.7. The molecule has 2 heterocycles. The van der Waals surface area contributed by atoms with Gasteiger partial charge in [-0.15, -0.1) is 0 Å². The van der Waals surface area contributed by atoms with Crippen molar-refractivity contribution >= 4 is 34.7 Å². The van der Waals surface area contributed by atoms with E-state index in [2.05, 4.69) is 15.4 Å². The number of fused-ring (bicyclic) bond motifs is 1. The molecule has 118 valence electrons. The molecule has 0 radical (unpaired) electrons. The predicted octanol–water partition coefficient (Wildman–Crippen LogP) is 3.61. The molecule has 0 saturated carbocycles. The Labute approximate surface area is 138 Å². The Morgan fingerprint density at radius 3 is 2.74 bits per heavy atom. The van der Waals surface area contributed by atoms with E-state index in [1.54, 1.807) is 48.0 Å². The standard InChI is InChI=1S/C16H15ClN4O2/c1-3-23-16(22)11-4-6-12(7-5-11)19-15-10(2)14(17)20-13-8-9-18-21(13)15/h4-9,19H,3H2,1-2H3. The monoisotopic (exact) mass is 330 g/mol. The molecule has 6 nitrogen and oxygen atoms in total. The normalized spacial score (nSPS) is 10.7. The molecular weight excluding hydrogens is 316 g/mol. The third-order valence-electron chi connectivity index (χ3n) is 3.37. The highest BCUT2D eigenvalue weighted by atomic mass is 35.5. The van der Waals surface area contributed by atoms with Crippen LogP contribution in [0.25, 0.3) is 5.65 Å². The van der Waals surface area contributed by atoms with Gasteiger partial charge in [-0.05, 0) is 38.1 Å². The van der Waals surface area contributed by atoms with Crippen LogP contribution in [0.2, 0.25) is 5.15 Å². The van der Waals surface area contributed by atoms with Crippen molar-refractivity contribution < 1.29 is 9.53 Å². The van der Waals surface area contributed by atoms with E-state index in [4.69, 9.17) is 16.3 Å². The summed E-state index contributed by atoms with van der Waals surface area (Å²) < 4.78 is 6.65. The van der Waals surface area contributed by atoms with Gasteiger partial charge in [0.05, 0.1) is 18.4 Å². The number of esters is 1. The Hall–Kier alpha value is -2.60. The molecule has 0 spiro atoms. The summed E-state index contributed by atoms with van der Waals surface area (Å²) in [6.07, 6.45) is 1.66. The van der Waals surface area contributed by atoms with E-state index >= 15 is 0 Å². The number of rotatable bonds is 4. The van der Waals surface area contributed by atoms with Crippen molar-refractivity contribution in [2.24, 2.45) is 0 Å². The number of aromatic nitrogens is 3. The summed E-state index contributed by atoms with van der Waals surface area (Å²) in [5.74, 6) is 0.394. The van der Waals surface area contributed by atoms with Crippen LogP contribution in [0, 0.1) is 6.92 Å². The second-order valence-electron chi connectivity index (χ2n) is 4.90. The topological polar surface area (TPSA) is 68.5 Å². The molecule has 0 fully saturated rings. The van der Waals surface area contributed by atoms with Crippen LogP contribution in [-0.4, -0.2) is 27.2 Å². The van der Waals surface area contributed by atoms with Crippen LogP contribution in [-0.2, 0) is 4.74 Å². The Morgan fingerprint density at radius 1 is 1.30 bits per heavy atom. The van der Waals surface area contributed by atoms with Gasteiger partial charge in [0.2, 0.25) is 0 Å². The van der Waals surface area contributed by atoms with E-state index in [9.17, 15) is 4.79 Å². The molecule has 0 amide bonds. The third-order valence-corrected chi connectivity index (χ3v) is 3.74. The fraction of sp³-hybridized carbons (Fsp3) is 0.188. The second-order valence-corrected chi connectivity index (χ2v) is 5.26. The van der Waals surface area contributed by atoms with Gasteiger partial charge in [-0.3, -0.25) is 0 Å². The van der Waals surface area contributed by atoms with Gasteiger partial charge in [-0.25, -0.2) is 9.78 Å². The minimum atomic E-state index is -0.336. The molecular formula is C16H15ClN4O2. The summed E-state index contributed by atoms with van der Waals surface area (Å²) in [7, 11) is 0. The van der Waals surface area contributed by atoms with Gasteiger partial charge >= 0.3 is 5.97 Å². The lowest BCUT2D eigenvalue weighted by atomic mass is 10.2. The Kier molecular flexibility index (Phi) is 4.16. The Bertz CT molecular complexity index is 858. The lowest BCUT2D eigenvalue weighted by molar-refractivity contribution is 0.0526. The molecule has 3 aromatic rings. The van der Waals surface area contributed by atoms with Crippen molar-refractivity contribution in [2.45, 2.75) is 13.8 Å². The number of nitrogens with zero attached hydrogens (tertiary/aromatic N) is 3. The van der Waals surface area contributed by atoms with Crippen molar-refractivity contribution in [3.63, 3.8) is 0 Å². The molecule has 0 saturated heterocycles. The van der Waals surface area contributed by atoms with E-state index in [0.29, 0.717) is 23.0 Å². The molecule has 1 aromatic carbocycles. The second kappa shape index (κ2) is 6.26. The molecule has 1 N–H and O–H groups in total. The number of hydrogen-bond donors (Lipinski definition) is 1. The van der Waals surface area contributed by atoms with Gasteiger partial charge in [0.15, 0.2) is 5.65 Å². The van der Waals surface area contributed by atoms with Gasteiger partial charge in [0.1, 0.15) is 11.0 Å². The van der Waals surface area contributed by atoms with Gasteiger partial charge in [-0.2, -0.15) is 9.61 Å². The van der Waals surface area contributed by atoms with Crippen LogP contribution in [0.15, 0.2) is 36.5 Å². The van der Waals surface area contributed by atoms with Crippen LogP contribution in [0.1, 0.15) is 22.8 Å². The van der Waals surface area contributed by atoms with Crippen LogP contribution in [0.5, 0.6) is 0 Å². The van der Waals surface area contributed by atoms with Gasteiger partial charge < -0.3 is 10.1 Å². The van der Waals surface area contributed by atoms with Crippen molar-refractivity contribution in [1.82, 2.24) is 14.6 Å². The number of carbonyl (C=O) groups is 1. The SMILES string of the molecule is CCOC(=O)c1ccc(Nc2c(C)c(Cl)nc3ccnn23)cc1. The number of ether oxygens (including phenoxy) is 1. The van der Waals surface area contributed by atoms with Gasteiger partial charge in [0, 0.05) is 17.3 Å². The zero-order chi connectivity index (χ0) is 16.4. The lowest BCUT2D eigenvalue weighted by Gasteiger charge is -2.12. The molecule has 0 bridgehead atoms. The maximum Gasteiger partial charge on any atom is 0.338 e. The summed E-state index contributed by atoms with van der Waals surface area (Å²) in [6.45, 7) is 4.00. The van der Waals surface area contributed by atoms with E-state index in [-0.39, 0.29) is 5.97 Å². The first-order chi connectivity index (χ1) is 11.1. The number of benzene rings is 1. The number of carbonyl (C=O) groups excluding carboxylic acids is 1. The minimum absolute atomic E-state index is 0.336. The van der Waals surface area contributed by atoms with Crippen molar-refractivity contribution in [3.05, 3.63) is 52.8 Å². The van der Waals surface area contributed by atoms with Crippen LogP contribution in [0.4, 0.5) is 11.5 Å². The summed E-state index contributed by atoms with van der Waals surface area (Å²) in [5, 5.41) is 7.93. The fourth-order valence-electron chi connectivity index (χ4n) is 2.18. The molecule has 0 aliphatic rings.